The molecule has 33 heavy (non-hydrogen) atoms. The lowest BCUT2D eigenvalue weighted by Gasteiger charge is -2.40. The molecule has 2 aromatic rings. The van der Waals surface area contributed by atoms with Crippen LogP contribution in [0.4, 0.5) is 0 Å². The van der Waals surface area contributed by atoms with Crippen LogP contribution in [0.3, 0.4) is 0 Å². The van der Waals surface area contributed by atoms with Gasteiger partial charge in [0.05, 0.1) is 12.8 Å². The van der Waals surface area contributed by atoms with Gasteiger partial charge in [-0.3, -0.25) is 9.79 Å². The highest BCUT2D eigenvalue weighted by Crippen LogP contribution is 2.36. The van der Waals surface area contributed by atoms with E-state index in [1.54, 1.807) is 0 Å². The van der Waals surface area contributed by atoms with E-state index in [1.807, 2.05) is 60.7 Å². The quantitative estimate of drug-likeness (QED) is 0.373. The molecule has 5 nitrogen and oxygen atoms in total. The first-order chi connectivity index (χ1) is 15.4. The molecule has 0 unspecified atom stereocenters. The lowest BCUT2D eigenvalue weighted by Crippen LogP contribution is -2.44. The summed E-state index contributed by atoms with van der Waals surface area (Å²) in [4.78, 5) is 30.2. The van der Waals surface area contributed by atoms with Crippen molar-refractivity contribution in [2.75, 3.05) is 7.11 Å². The molecule has 0 aromatic heterocycles. The third-order valence-corrected chi connectivity index (χ3v) is 5.31. The number of carbonyl (C=O) groups is 2. The summed E-state index contributed by atoms with van der Waals surface area (Å²) in [6.45, 7) is 12.3. The minimum atomic E-state index is -0.841. The molecule has 0 saturated carbocycles. The van der Waals surface area contributed by atoms with Gasteiger partial charge in [0.25, 0.3) is 0 Å². The lowest BCUT2D eigenvalue weighted by molar-refractivity contribution is -0.165. The van der Waals surface area contributed by atoms with E-state index in [0.29, 0.717) is 5.71 Å². The molecule has 0 N–H and O–H groups in total. The van der Waals surface area contributed by atoms with Crippen molar-refractivity contribution in [2.24, 2.45) is 15.8 Å². The minimum absolute atomic E-state index is 0.0757. The smallest absolute Gasteiger partial charge is 0.331 e. The zero-order valence-corrected chi connectivity index (χ0v) is 20.9. The highest BCUT2D eigenvalue weighted by molar-refractivity contribution is 6.13. The van der Waals surface area contributed by atoms with Crippen LogP contribution in [0.2, 0.25) is 0 Å². The third-order valence-electron chi connectivity index (χ3n) is 5.31. The molecule has 0 aliphatic carbocycles. The molecule has 0 aliphatic rings. The Hall–Kier alpha value is -2.95. The second-order valence-electron chi connectivity index (χ2n) is 10.4. The predicted octanol–water partition coefficient (Wildman–Crippen LogP) is 5.85. The number of carbonyl (C=O) groups excluding carboxylic acids is 2. The molecule has 2 rings (SSSR count). The van der Waals surface area contributed by atoms with Crippen LogP contribution >= 0.6 is 0 Å². The van der Waals surface area contributed by atoms with Crippen molar-refractivity contribution < 1.29 is 19.1 Å². The van der Waals surface area contributed by atoms with Gasteiger partial charge in [0.2, 0.25) is 0 Å². The molecule has 0 radical (unpaired) electrons. The second-order valence-corrected chi connectivity index (χ2v) is 10.4. The average Bonchev–Trinajstić information content (AvgIpc) is 2.76. The van der Waals surface area contributed by atoms with Crippen molar-refractivity contribution >= 4 is 17.7 Å². The molecular weight excluding hydrogens is 414 g/mol. The topological polar surface area (TPSA) is 65.0 Å². The number of benzene rings is 2. The zero-order valence-electron chi connectivity index (χ0n) is 20.9. The van der Waals surface area contributed by atoms with Gasteiger partial charge in [-0.1, -0.05) is 102 Å². The molecule has 0 spiro atoms. The largest absolute Gasteiger partial charge is 0.469 e. The van der Waals surface area contributed by atoms with Crippen molar-refractivity contribution in [1.29, 1.82) is 0 Å². The van der Waals surface area contributed by atoms with Crippen LogP contribution in [0.5, 0.6) is 0 Å². The standard InChI is InChI=1S/C28H37NO4/c1-27(2,3)26(28(4,5)6)33-25(31)22(18-19-23(30)32-7)29-24(20-14-10-8-11-15-20)21-16-12-9-13-17-21/h8-17,22,26H,18-19H2,1-7H3/t22-/m1/s1. The monoisotopic (exact) mass is 451 g/mol. The molecule has 0 saturated heterocycles. The fraction of sp³-hybridized carbons (Fsp3) is 0.464. The molecule has 178 valence electrons. The Balaban J connectivity index is 2.50. The molecule has 0 bridgehead atoms. The molecule has 0 amide bonds. The number of ether oxygens (including phenoxy) is 2. The van der Waals surface area contributed by atoms with Gasteiger partial charge in [-0.15, -0.1) is 0 Å². The Bertz CT molecular complexity index is 882. The summed E-state index contributed by atoms with van der Waals surface area (Å²) < 4.78 is 10.9. The lowest BCUT2D eigenvalue weighted by atomic mass is 9.74. The maximum atomic E-state index is 13.5. The Morgan fingerprint density at radius 3 is 1.67 bits per heavy atom. The van der Waals surface area contributed by atoms with Crippen LogP contribution < -0.4 is 0 Å². The van der Waals surface area contributed by atoms with Crippen LogP contribution in [0.15, 0.2) is 65.7 Å². The van der Waals surface area contributed by atoms with E-state index in [1.165, 1.54) is 7.11 Å². The Morgan fingerprint density at radius 1 is 0.818 bits per heavy atom. The number of methoxy groups -OCH3 is 1. The molecule has 0 aliphatic heterocycles. The van der Waals surface area contributed by atoms with Crippen molar-refractivity contribution in [2.45, 2.75) is 66.5 Å². The predicted molar refractivity (Wildman–Crippen MR) is 132 cm³/mol. The Labute approximate surface area is 198 Å². The van der Waals surface area contributed by atoms with Gasteiger partial charge in [-0.05, 0) is 17.3 Å². The first-order valence-corrected chi connectivity index (χ1v) is 11.4. The third kappa shape index (κ3) is 7.85. The second kappa shape index (κ2) is 11.3. The van der Waals surface area contributed by atoms with Crippen molar-refractivity contribution in [3.05, 3.63) is 71.8 Å². The van der Waals surface area contributed by atoms with Gasteiger partial charge in [0.15, 0.2) is 0 Å². The molecule has 0 heterocycles. The Kier molecular flexibility index (Phi) is 8.98. The molecular formula is C28H37NO4. The number of rotatable bonds is 8. The van der Waals surface area contributed by atoms with E-state index in [0.717, 1.165) is 11.1 Å². The van der Waals surface area contributed by atoms with Gasteiger partial charge in [0.1, 0.15) is 12.1 Å². The Morgan fingerprint density at radius 2 is 1.27 bits per heavy atom. The van der Waals surface area contributed by atoms with Crippen molar-refractivity contribution in [3.8, 4) is 0 Å². The fourth-order valence-corrected chi connectivity index (χ4v) is 4.10. The van der Waals surface area contributed by atoms with E-state index in [-0.39, 0.29) is 35.7 Å². The zero-order chi connectivity index (χ0) is 24.6. The summed E-state index contributed by atoms with van der Waals surface area (Å²) in [5.74, 6) is -0.815. The van der Waals surface area contributed by atoms with Crippen LogP contribution in [0.25, 0.3) is 0 Å². The van der Waals surface area contributed by atoms with Crippen LogP contribution in [-0.4, -0.2) is 36.9 Å². The maximum absolute atomic E-state index is 13.5. The SMILES string of the molecule is COC(=O)CC[C@@H](N=C(c1ccccc1)c1ccccc1)C(=O)OC(C(C)(C)C)C(C)(C)C. The molecule has 1 atom stereocenters. The van der Waals surface area contributed by atoms with Gasteiger partial charge in [-0.25, -0.2) is 4.79 Å². The number of esters is 2. The first kappa shape index (κ1) is 26.3. The summed E-state index contributed by atoms with van der Waals surface area (Å²) >= 11 is 0. The fourth-order valence-electron chi connectivity index (χ4n) is 4.10. The van der Waals surface area contributed by atoms with Crippen LogP contribution in [0.1, 0.15) is 65.5 Å². The number of aliphatic imine (C=N–C) groups is 1. The summed E-state index contributed by atoms with van der Waals surface area (Å²) in [5, 5.41) is 0. The van der Waals surface area contributed by atoms with E-state index < -0.39 is 12.0 Å². The molecule has 5 heteroatoms. The maximum Gasteiger partial charge on any atom is 0.331 e. The van der Waals surface area contributed by atoms with Gasteiger partial charge in [0, 0.05) is 17.5 Å². The van der Waals surface area contributed by atoms with E-state index in [4.69, 9.17) is 14.5 Å². The normalized spacial score (nSPS) is 12.7. The molecule has 2 aromatic carbocycles. The number of nitrogens with zero attached hydrogens (tertiary/aromatic N) is 1. The van der Waals surface area contributed by atoms with Crippen LogP contribution in [0, 0.1) is 10.8 Å². The summed E-state index contributed by atoms with van der Waals surface area (Å²) in [6.07, 6.45) is -0.0487. The van der Waals surface area contributed by atoms with Gasteiger partial charge in [-0.2, -0.15) is 0 Å². The van der Waals surface area contributed by atoms with Crippen molar-refractivity contribution in [1.82, 2.24) is 0 Å². The van der Waals surface area contributed by atoms with Gasteiger partial charge >= 0.3 is 11.9 Å². The highest BCUT2D eigenvalue weighted by atomic mass is 16.5. The van der Waals surface area contributed by atoms with E-state index in [9.17, 15) is 9.59 Å². The molecule has 0 fully saturated rings. The summed E-state index contributed by atoms with van der Waals surface area (Å²) in [7, 11) is 1.34. The van der Waals surface area contributed by atoms with Crippen molar-refractivity contribution in [3.63, 3.8) is 0 Å². The first-order valence-electron chi connectivity index (χ1n) is 11.4. The summed E-state index contributed by atoms with van der Waals surface area (Å²) in [5.41, 5.74) is 1.95. The number of hydrogen-bond acceptors (Lipinski definition) is 5. The highest BCUT2D eigenvalue weighted by Gasteiger charge is 2.39. The average molecular weight is 452 g/mol. The van der Waals surface area contributed by atoms with E-state index >= 15 is 0 Å². The minimum Gasteiger partial charge on any atom is -0.469 e. The summed E-state index contributed by atoms with van der Waals surface area (Å²) in [6, 6.07) is 18.6. The van der Waals surface area contributed by atoms with Crippen LogP contribution in [-0.2, 0) is 19.1 Å². The van der Waals surface area contributed by atoms with Gasteiger partial charge < -0.3 is 9.47 Å². The number of hydrogen-bond donors (Lipinski definition) is 0. The van der Waals surface area contributed by atoms with E-state index in [2.05, 4.69) is 41.5 Å².